The van der Waals surface area contributed by atoms with Crippen molar-refractivity contribution in [3.05, 3.63) is 0 Å². The van der Waals surface area contributed by atoms with Gasteiger partial charge in [-0.1, -0.05) is 0 Å². The van der Waals surface area contributed by atoms with Crippen LogP contribution in [0.15, 0.2) is 0 Å². The van der Waals surface area contributed by atoms with Crippen molar-refractivity contribution in [3.8, 4) is 0 Å². The predicted octanol–water partition coefficient (Wildman–Crippen LogP) is -0.144. The zero-order valence-corrected chi connectivity index (χ0v) is 11.9. The van der Waals surface area contributed by atoms with Crippen molar-refractivity contribution < 1.29 is 8.42 Å². The summed E-state index contributed by atoms with van der Waals surface area (Å²) in [6, 6.07) is -0.0308. The first kappa shape index (κ1) is 14.9. The first-order valence-electron chi connectivity index (χ1n) is 6.24. The van der Waals surface area contributed by atoms with Crippen LogP contribution in [0.5, 0.6) is 0 Å². The molecule has 1 saturated heterocycles. The Morgan fingerprint density at radius 2 is 1.94 bits per heavy atom. The molecule has 1 atom stereocenters. The fourth-order valence-electron chi connectivity index (χ4n) is 2.30. The normalized spacial score (nSPS) is 20.7. The Labute approximate surface area is 105 Å². The molecule has 0 saturated carbocycles. The number of hydrogen-bond donors (Lipinski definition) is 2. The molecule has 0 aromatic rings. The maximum atomic E-state index is 11.9. The van der Waals surface area contributed by atoms with E-state index in [2.05, 4.69) is 10.0 Å². The molecule has 1 unspecified atom stereocenters. The maximum Gasteiger partial charge on any atom is 0.212 e. The topological polar surface area (TPSA) is 61.4 Å². The van der Waals surface area contributed by atoms with Crippen LogP contribution in [0.25, 0.3) is 0 Å². The number of nitrogens with one attached hydrogen (secondary N) is 2. The van der Waals surface area contributed by atoms with Crippen molar-refractivity contribution in [2.45, 2.75) is 25.8 Å². The highest BCUT2D eigenvalue weighted by Gasteiger charge is 2.22. The fraction of sp³-hybridized carbons (Fsp3) is 1.00. The Balaban J connectivity index is 2.39. The number of hydrogen-bond acceptors (Lipinski definition) is 4. The molecular formula is C11H25N3O2S. The van der Waals surface area contributed by atoms with Crippen molar-refractivity contribution in [1.82, 2.24) is 14.9 Å². The zero-order chi connectivity index (χ0) is 12.9. The van der Waals surface area contributed by atoms with Gasteiger partial charge in [-0.3, -0.25) is 0 Å². The third-order valence-electron chi connectivity index (χ3n) is 2.93. The molecule has 0 spiro atoms. The van der Waals surface area contributed by atoms with Crippen LogP contribution >= 0.6 is 0 Å². The van der Waals surface area contributed by atoms with E-state index < -0.39 is 10.0 Å². The van der Waals surface area contributed by atoms with Gasteiger partial charge in [-0.15, -0.1) is 0 Å². The summed E-state index contributed by atoms with van der Waals surface area (Å²) in [4.78, 5) is 1.98. The third kappa shape index (κ3) is 6.35. The lowest BCUT2D eigenvalue weighted by Crippen LogP contribution is -2.42. The third-order valence-corrected chi connectivity index (χ3v) is 4.61. The van der Waals surface area contributed by atoms with E-state index in [4.69, 9.17) is 0 Å². The summed E-state index contributed by atoms with van der Waals surface area (Å²) in [6.07, 6.45) is 1.92. The number of nitrogens with zero attached hydrogens (tertiary/aromatic N) is 1. The molecule has 0 aromatic heterocycles. The van der Waals surface area contributed by atoms with Gasteiger partial charge in [-0.2, -0.15) is 0 Å². The Morgan fingerprint density at radius 3 is 2.47 bits per heavy atom. The average Bonchev–Trinajstić information content (AvgIpc) is 2.15. The van der Waals surface area contributed by atoms with Crippen LogP contribution in [0.2, 0.25) is 0 Å². The maximum absolute atomic E-state index is 11.9. The van der Waals surface area contributed by atoms with E-state index in [0.29, 0.717) is 5.92 Å². The van der Waals surface area contributed by atoms with Crippen molar-refractivity contribution in [2.24, 2.45) is 5.92 Å². The molecule has 5 nitrogen and oxygen atoms in total. The van der Waals surface area contributed by atoms with Gasteiger partial charge in [-0.05, 0) is 52.9 Å². The molecule has 2 N–H and O–H groups in total. The lowest BCUT2D eigenvalue weighted by molar-refractivity contribution is 0.367. The summed E-state index contributed by atoms with van der Waals surface area (Å²) in [7, 11) is 0.754. The minimum absolute atomic E-state index is 0.0308. The van der Waals surface area contributed by atoms with E-state index in [-0.39, 0.29) is 11.8 Å². The summed E-state index contributed by atoms with van der Waals surface area (Å²) in [5.74, 6) is 0.576. The van der Waals surface area contributed by atoms with Gasteiger partial charge in [0.2, 0.25) is 10.0 Å². The molecule has 1 heterocycles. The summed E-state index contributed by atoms with van der Waals surface area (Å²) in [6.45, 7) is 4.51. The minimum Gasteiger partial charge on any atom is -0.317 e. The van der Waals surface area contributed by atoms with E-state index in [0.717, 1.165) is 32.5 Å². The van der Waals surface area contributed by atoms with E-state index in [1.165, 1.54) is 0 Å². The molecule has 1 aliphatic heterocycles. The van der Waals surface area contributed by atoms with Crippen LogP contribution in [-0.2, 0) is 10.0 Å². The molecule has 0 aromatic carbocycles. The molecule has 1 fully saturated rings. The molecule has 17 heavy (non-hydrogen) atoms. The summed E-state index contributed by atoms with van der Waals surface area (Å²) in [5, 5.41) is 3.25. The van der Waals surface area contributed by atoms with Crippen molar-refractivity contribution in [1.29, 1.82) is 0 Å². The number of rotatable bonds is 6. The van der Waals surface area contributed by atoms with Crippen LogP contribution in [0.4, 0.5) is 0 Å². The molecule has 0 bridgehead atoms. The molecule has 0 amide bonds. The van der Waals surface area contributed by atoms with Gasteiger partial charge < -0.3 is 10.2 Å². The van der Waals surface area contributed by atoms with Crippen LogP contribution in [0.1, 0.15) is 19.8 Å². The smallest absolute Gasteiger partial charge is 0.212 e. The second-order valence-electron chi connectivity index (χ2n) is 5.26. The van der Waals surface area contributed by atoms with Gasteiger partial charge in [0.05, 0.1) is 5.75 Å². The molecule has 1 rings (SSSR count). The number of piperidine rings is 1. The largest absolute Gasteiger partial charge is 0.317 e. The highest BCUT2D eigenvalue weighted by atomic mass is 32.2. The van der Waals surface area contributed by atoms with Crippen LogP contribution in [-0.4, -0.2) is 58.8 Å². The Bertz CT molecular complexity index is 311. The van der Waals surface area contributed by atoms with E-state index in [9.17, 15) is 8.42 Å². The molecule has 6 heteroatoms. The van der Waals surface area contributed by atoms with Gasteiger partial charge in [0.25, 0.3) is 0 Å². The van der Waals surface area contributed by atoms with Gasteiger partial charge in [0.15, 0.2) is 0 Å². The van der Waals surface area contributed by atoms with Crippen molar-refractivity contribution in [2.75, 3.05) is 39.5 Å². The lowest BCUT2D eigenvalue weighted by atomic mass is 10.0. The van der Waals surface area contributed by atoms with Gasteiger partial charge in [0, 0.05) is 12.6 Å². The highest BCUT2D eigenvalue weighted by Crippen LogP contribution is 2.13. The fourth-order valence-corrected chi connectivity index (χ4v) is 4.04. The predicted molar refractivity (Wildman–Crippen MR) is 70.5 cm³/mol. The molecule has 102 valence electrons. The van der Waals surface area contributed by atoms with Gasteiger partial charge in [-0.25, -0.2) is 13.1 Å². The SMILES string of the molecule is CC(CN(C)C)NS(=O)(=O)CC1CCNCC1. The Morgan fingerprint density at radius 1 is 1.35 bits per heavy atom. The quantitative estimate of drug-likeness (QED) is 0.700. The van der Waals surface area contributed by atoms with Crippen molar-refractivity contribution >= 4 is 10.0 Å². The molecular weight excluding hydrogens is 238 g/mol. The summed E-state index contributed by atoms with van der Waals surface area (Å²) >= 11 is 0. The van der Waals surface area contributed by atoms with E-state index in [1.807, 2.05) is 25.9 Å². The van der Waals surface area contributed by atoms with Crippen LogP contribution < -0.4 is 10.0 Å². The van der Waals surface area contributed by atoms with Crippen LogP contribution in [0.3, 0.4) is 0 Å². The second-order valence-corrected chi connectivity index (χ2v) is 7.05. The average molecular weight is 263 g/mol. The van der Waals surface area contributed by atoms with Crippen LogP contribution in [0, 0.1) is 5.92 Å². The standard InChI is InChI=1S/C11H25N3O2S/c1-10(8-14(2)3)13-17(15,16)9-11-4-6-12-7-5-11/h10-13H,4-9H2,1-3H3. The molecule has 0 radical (unpaired) electrons. The number of likely N-dealkylation sites (N-methyl/N-ethyl adjacent to an activating group) is 1. The van der Waals surface area contributed by atoms with E-state index in [1.54, 1.807) is 0 Å². The molecule has 1 aliphatic rings. The first-order valence-corrected chi connectivity index (χ1v) is 7.90. The second kappa shape index (κ2) is 6.68. The molecule has 0 aliphatic carbocycles. The monoisotopic (exact) mass is 263 g/mol. The first-order chi connectivity index (χ1) is 7.89. The zero-order valence-electron chi connectivity index (χ0n) is 11.1. The van der Waals surface area contributed by atoms with E-state index >= 15 is 0 Å². The summed E-state index contributed by atoms with van der Waals surface area (Å²) < 4.78 is 26.6. The number of sulfonamides is 1. The minimum atomic E-state index is -3.13. The van der Waals surface area contributed by atoms with Crippen molar-refractivity contribution in [3.63, 3.8) is 0 Å². The van der Waals surface area contributed by atoms with Gasteiger partial charge >= 0.3 is 0 Å². The Kier molecular flexibility index (Phi) is 5.85. The highest BCUT2D eigenvalue weighted by molar-refractivity contribution is 7.89. The lowest BCUT2D eigenvalue weighted by Gasteiger charge is -2.24. The Hall–Kier alpha value is -0.170. The summed E-state index contributed by atoms with van der Waals surface area (Å²) in [5.41, 5.74) is 0. The van der Waals surface area contributed by atoms with Gasteiger partial charge in [0.1, 0.15) is 0 Å².